The van der Waals surface area contributed by atoms with E-state index in [0.717, 1.165) is 19.3 Å². The molecule has 2 heterocycles. The molecule has 1 aromatic heterocycles. The molecule has 1 saturated heterocycles. The molecule has 8 heteroatoms. The Morgan fingerprint density at radius 3 is 2.29 bits per heavy atom. The molecule has 156 valence electrons. The highest BCUT2D eigenvalue weighted by atomic mass is 32.1. The van der Waals surface area contributed by atoms with Crippen LogP contribution in [0.5, 0.6) is 0 Å². The first-order valence-electron chi connectivity index (χ1n) is 9.69. The van der Waals surface area contributed by atoms with Gasteiger partial charge in [-0.3, -0.25) is 9.59 Å². The van der Waals surface area contributed by atoms with Gasteiger partial charge in [0, 0.05) is 31.1 Å². The van der Waals surface area contributed by atoms with Gasteiger partial charge in [0.05, 0.1) is 4.88 Å². The molecule has 0 radical (unpaired) electrons. The van der Waals surface area contributed by atoms with Crippen LogP contribution in [0.1, 0.15) is 53.7 Å². The summed E-state index contributed by atoms with van der Waals surface area (Å²) in [6.07, 6.45) is -2.82. The van der Waals surface area contributed by atoms with Gasteiger partial charge in [-0.05, 0) is 42.2 Å². The van der Waals surface area contributed by atoms with Gasteiger partial charge in [0.2, 0.25) is 5.91 Å². The van der Waals surface area contributed by atoms with E-state index in [1.165, 1.54) is 15.3 Å². The monoisotopic (exact) mass is 416 g/mol. The van der Waals surface area contributed by atoms with Crippen LogP contribution in [0.2, 0.25) is 0 Å². The van der Waals surface area contributed by atoms with E-state index in [9.17, 15) is 22.8 Å². The van der Waals surface area contributed by atoms with Gasteiger partial charge in [0.1, 0.15) is 6.42 Å². The van der Waals surface area contributed by atoms with E-state index in [4.69, 9.17) is 0 Å². The molecule has 1 aliphatic heterocycles. The molecule has 3 rings (SSSR count). The molecule has 0 aromatic carbocycles. The predicted octanol–water partition coefficient (Wildman–Crippen LogP) is 4.14. The number of carbonyl (C=O) groups excluding carboxylic acids is 2. The number of halogens is 3. The van der Waals surface area contributed by atoms with Crippen LogP contribution in [-0.2, 0) is 17.6 Å². The van der Waals surface area contributed by atoms with Gasteiger partial charge < -0.3 is 9.80 Å². The maximum Gasteiger partial charge on any atom is 0.397 e. The first kappa shape index (κ1) is 21.1. The minimum atomic E-state index is -4.50. The van der Waals surface area contributed by atoms with E-state index in [2.05, 4.69) is 20.8 Å². The smallest absolute Gasteiger partial charge is 0.339 e. The quantitative estimate of drug-likeness (QED) is 0.727. The van der Waals surface area contributed by atoms with Crippen molar-refractivity contribution in [3.8, 4) is 0 Å². The maximum absolute atomic E-state index is 12.9. The molecule has 1 aliphatic carbocycles. The van der Waals surface area contributed by atoms with Gasteiger partial charge >= 0.3 is 6.18 Å². The Hall–Kier alpha value is -1.57. The molecular formula is C20H27F3N2O2S. The largest absolute Gasteiger partial charge is 0.397 e. The third-order valence-electron chi connectivity index (χ3n) is 5.79. The summed E-state index contributed by atoms with van der Waals surface area (Å²) in [4.78, 5) is 29.4. The highest BCUT2D eigenvalue weighted by molar-refractivity contribution is 7.14. The lowest BCUT2D eigenvalue weighted by molar-refractivity contribution is -0.162. The molecule has 2 aliphatic rings. The van der Waals surface area contributed by atoms with E-state index in [1.807, 2.05) is 6.07 Å². The SMILES string of the molecule is CC(C)(C)C1CCc2sc(C(=O)N3CCN(C(=O)CC(F)(F)F)CC3)cc2C1. The summed E-state index contributed by atoms with van der Waals surface area (Å²) in [7, 11) is 0. The van der Waals surface area contributed by atoms with Gasteiger partial charge in [-0.1, -0.05) is 20.8 Å². The van der Waals surface area contributed by atoms with Crippen LogP contribution in [-0.4, -0.2) is 54.0 Å². The van der Waals surface area contributed by atoms with Gasteiger partial charge in [-0.25, -0.2) is 0 Å². The van der Waals surface area contributed by atoms with E-state index in [-0.39, 0.29) is 37.5 Å². The number of piperazine rings is 1. The van der Waals surface area contributed by atoms with Gasteiger partial charge in [0.15, 0.2) is 0 Å². The fourth-order valence-corrected chi connectivity index (χ4v) is 5.14. The van der Waals surface area contributed by atoms with Crippen LogP contribution in [0.3, 0.4) is 0 Å². The summed E-state index contributed by atoms with van der Waals surface area (Å²) < 4.78 is 37.2. The number of rotatable bonds is 2. The summed E-state index contributed by atoms with van der Waals surface area (Å²) in [5.41, 5.74) is 1.50. The molecule has 1 aromatic rings. The Morgan fingerprint density at radius 2 is 1.71 bits per heavy atom. The molecule has 0 spiro atoms. The Bertz CT molecular complexity index is 744. The third-order valence-corrected chi connectivity index (χ3v) is 7.01. The lowest BCUT2D eigenvalue weighted by Gasteiger charge is -2.34. The molecule has 28 heavy (non-hydrogen) atoms. The number of hydrogen-bond donors (Lipinski definition) is 0. The molecule has 0 bridgehead atoms. The highest BCUT2D eigenvalue weighted by Crippen LogP contribution is 2.40. The van der Waals surface area contributed by atoms with Crippen molar-refractivity contribution in [1.29, 1.82) is 0 Å². The molecule has 1 fully saturated rings. The zero-order valence-corrected chi connectivity index (χ0v) is 17.4. The average Bonchev–Trinajstić information content (AvgIpc) is 3.02. The second kappa shape index (κ2) is 7.69. The van der Waals surface area contributed by atoms with Crippen molar-refractivity contribution in [2.24, 2.45) is 11.3 Å². The van der Waals surface area contributed by atoms with Crippen molar-refractivity contribution >= 4 is 23.2 Å². The van der Waals surface area contributed by atoms with E-state index in [0.29, 0.717) is 10.8 Å². The number of thiophene rings is 1. The maximum atomic E-state index is 12.9. The van der Waals surface area contributed by atoms with E-state index >= 15 is 0 Å². The minimum Gasteiger partial charge on any atom is -0.339 e. The number of hydrogen-bond acceptors (Lipinski definition) is 3. The molecule has 4 nitrogen and oxygen atoms in total. The molecule has 0 N–H and O–H groups in total. The van der Waals surface area contributed by atoms with Crippen molar-refractivity contribution in [1.82, 2.24) is 9.80 Å². The van der Waals surface area contributed by atoms with Gasteiger partial charge in [-0.2, -0.15) is 13.2 Å². The second-order valence-corrected chi connectivity index (χ2v) is 9.97. The normalized spacial score (nSPS) is 20.9. The molecule has 0 saturated carbocycles. The second-order valence-electron chi connectivity index (χ2n) is 8.83. The highest BCUT2D eigenvalue weighted by Gasteiger charge is 2.35. The number of aryl methyl sites for hydroxylation is 1. The van der Waals surface area contributed by atoms with Crippen LogP contribution >= 0.6 is 11.3 Å². The molecule has 1 atom stereocenters. The topological polar surface area (TPSA) is 40.6 Å². The lowest BCUT2D eigenvalue weighted by atomic mass is 9.72. The predicted molar refractivity (Wildman–Crippen MR) is 102 cm³/mol. The van der Waals surface area contributed by atoms with Gasteiger partial charge in [-0.15, -0.1) is 11.3 Å². The van der Waals surface area contributed by atoms with Crippen molar-refractivity contribution < 1.29 is 22.8 Å². The molecule has 2 amide bonds. The van der Waals surface area contributed by atoms with Crippen LogP contribution < -0.4 is 0 Å². The number of fused-ring (bicyclic) bond motifs is 1. The van der Waals surface area contributed by atoms with Crippen molar-refractivity contribution in [2.75, 3.05) is 26.2 Å². The van der Waals surface area contributed by atoms with Crippen molar-refractivity contribution in [3.63, 3.8) is 0 Å². The Balaban J connectivity index is 1.59. The van der Waals surface area contributed by atoms with Crippen LogP contribution in [0.15, 0.2) is 6.07 Å². The van der Waals surface area contributed by atoms with Crippen LogP contribution in [0, 0.1) is 11.3 Å². The lowest BCUT2D eigenvalue weighted by Crippen LogP contribution is -2.51. The third kappa shape index (κ3) is 4.88. The zero-order chi connectivity index (χ0) is 20.7. The van der Waals surface area contributed by atoms with Crippen LogP contribution in [0.4, 0.5) is 13.2 Å². The number of amides is 2. The standard InChI is InChI=1S/C20H27F3N2O2S/c1-19(2,3)14-4-5-15-13(10-14)11-16(28-15)18(27)25-8-6-24(7-9-25)17(26)12-20(21,22)23/h11,14H,4-10,12H2,1-3H3. The number of nitrogens with zero attached hydrogens (tertiary/aromatic N) is 2. The first-order valence-corrected chi connectivity index (χ1v) is 10.5. The molecule has 1 unspecified atom stereocenters. The van der Waals surface area contributed by atoms with E-state index < -0.39 is 18.5 Å². The van der Waals surface area contributed by atoms with Crippen molar-refractivity contribution in [3.05, 3.63) is 21.4 Å². The average molecular weight is 417 g/mol. The summed E-state index contributed by atoms with van der Waals surface area (Å²) in [6, 6.07) is 2.00. The van der Waals surface area contributed by atoms with Crippen LogP contribution in [0.25, 0.3) is 0 Å². The Kier molecular flexibility index (Phi) is 5.81. The summed E-state index contributed by atoms with van der Waals surface area (Å²) >= 11 is 1.54. The Labute approximate surface area is 167 Å². The van der Waals surface area contributed by atoms with E-state index in [1.54, 1.807) is 16.2 Å². The zero-order valence-electron chi connectivity index (χ0n) is 16.6. The summed E-state index contributed by atoms with van der Waals surface area (Å²) in [5, 5.41) is 0. The number of carbonyl (C=O) groups is 2. The summed E-state index contributed by atoms with van der Waals surface area (Å²) in [6.45, 7) is 7.60. The number of alkyl halides is 3. The fraction of sp³-hybridized carbons (Fsp3) is 0.700. The Morgan fingerprint density at radius 1 is 1.11 bits per heavy atom. The molecular weight excluding hydrogens is 389 g/mol. The summed E-state index contributed by atoms with van der Waals surface area (Å²) in [5.74, 6) is -0.394. The van der Waals surface area contributed by atoms with Crippen molar-refractivity contribution in [2.45, 2.75) is 52.6 Å². The fourth-order valence-electron chi connectivity index (χ4n) is 3.97. The first-order chi connectivity index (χ1) is 12.9. The minimum absolute atomic E-state index is 0.0744. The van der Waals surface area contributed by atoms with Gasteiger partial charge in [0.25, 0.3) is 5.91 Å².